The minimum atomic E-state index is -0.498. The zero-order valence-electron chi connectivity index (χ0n) is 14.3. The highest BCUT2D eigenvalue weighted by atomic mass is 16.5. The van der Waals surface area contributed by atoms with Crippen molar-refractivity contribution in [3.63, 3.8) is 0 Å². The molecular formula is C20H18N4O2. The summed E-state index contributed by atoms with van der Waals surface area (Å²) in [4.78, 5) is 0. The number of benzene rings is 2. The van der Waals surface area contributed by atoms with Gasteiger partial charge in [-0.3, -0.25) is 0 Å². The van der Waals surface area contributed by atoms with E-state index in [-0.39, 0.29) is 0 Å². The summed E-state index contributed by atoms with van der Waals surface area (Å²) >= 11 is 0. The summed E-state index contributed by atoms with van der Waals surface area (Å²) in [5.41, 5.74) is 2.42. The monoisotopic (exact) mass is 346 g/mol. The molecule has 2 aromatic carbocycles. The maximum Gasteiger partial charge on any atom is 0.177 e. The second kappa shape index (κ2) is 6.93. The maximum absolute atomic E-state index is 9.60. The highest BCUT2D eigenvalue weighted by molar-refractivity contribution is 5.61. The summed E-state index contributed by atoms with van der Waals surface area (Å²) < 4.78 is 7.49. The number of ether oxygens (including phenoxy) is 1. The van der Waals surface area contributed by atoms with Crippen LogP contribution in [-0.2, 0) is 6.42 Å². The number of aliphatic hydroxyl groups is 1. The van der Waals surface area contributed by atoms with E-state index in [0.717, 1.165) is 22.8 Å². The topological polar surface area (TPSA) is 72.5 Å². The van der Waals surface area contributed by atoms with E-state index in [1.807, 2.05) is 66.7 Å². The summed E-state index contributed by atoms with van der Waals surface area (Å²) in [6, 6.07) is 21.2. The van der Waals surface area contributed by atoms with Crippen molar-refractivity contribution in [3.05, 3.63) is 72.6 Å². The molecule has 6 heteroatoms. The van der Waals surface area contributed by atoms with Crippen molar-refractivity contribution in [2.45, 2.75) is 19.4 Å². The smallest absolute Gasteiger partial charge is 0.177 e. The molecule has 0 saturated carbocycles. The van der Waals surface area contributed by atoms with Crippen LogP contribution in [0.15, 0.2) is 66.7 Å². The van der Waals surface area contributed by atoms with Gasteiger partial charge in [-0.05, 0) is 55.5 Å². The zero-order valence-corrected chi connectivity index (χ0v) is 14.3. The van der Waals surface area contributed by atoms with Crippen molar-refractivity contribution >= 4 is 5.65 Å². The van der Waals surface area contributed by atoms with E-state index in [4.69, 9.17) is 4.74 Å². The first kappa shape index (κ1) is 16.2. The Morgan fingerprint density at radius 3 is 2.38 bits per heavy atom. The quantitative estimate of drug-likeness (QED) is 0.599. The van der Waals surface area contributed by atoms with Crippen LogP contribution in [-0.4, -0.2) is 31.0 Å². The van der Waals surface area contributed by atoms with E-state index >= 15 is 0 Å². The molecule has 0 saturated heterocycles. The molecule has 0 radical (unpaired) electrons. The van der Waals surface area contributed by atoms with E-state index in [1.54, 1.807) is 11.4 Å². The van der Waals surface area contributed by atoms with Crippen molar-refractivity contribution in [1.29, 1.82) is 0 Å². The lowest BCUT2D eigenvalue weighted by molar-refractivity contribution is 0.192. The van der Waals surface area contributed by atoms with Crippen LogP contribution in [0.1, 0.15) is 12.7 Å². The lowest BCUT2D eigenvalue weighted by Gasteiger charge is -2.07. The van der Waals surface area contributed by atoms with Gasteiger partial charge in [-0.15, -0.1) is 10.2 Å². The number of hydrogen-bond donors (Lipinski definition) is 1. The molecule has 2 aromatic heterocycles. The van der Waals surface area contributed by atoms with Gasteiger partial charge in [0.05, 0.1) is 11.8 Å². The van der Waals surface area contributed by atoms with Crippen molar-refractivity contribution in [2.75, 3.05) is 0 Å². The Balaban J connectivity index is 1.60. The van der Waals surface area contributed by atoms with Gasteiger partial charge in [-0.25, -0.2) is 0 Å². The molecule has 0 aliphatic rings. The lowest BCUT2D eigenvalue weighted by Crippen LogP contribution is -2.09. The Morgan fingerprint density at radius 2 is 1.65 bits per heavy atom. The van der Waals surface area contributed by atoms with Gasteiger partial charge in [0.1, 0.15) is 11.5 Å². The third kappa shape index (κ3) is 3.41. The van der Waals surface area contributed by atoms with Crippen LogP contribution in [0.3, 0.4) is 0 Å². The zero-order chi connectivity index (χ0) is 17.9. The molecule has 6 nitrogen and oxygen atoms in total. The number of aromatic nitrogens is 4. The fourth-order valence-corrected chi connectivity index (χ4v) is 2.70. The van der Waals surface area contributed by atoms with Gasteiger partial charge >= 0.3 is 0 Å². The Kier molecular flexibility index (Phi) is 4.33. The standard InChI is InChI=1S/C20H18N4O2/c1-14(25)13-20-22-21-19-12-11-18(23-24(19)20)15-7-9-17(10-8-15)26-16-5-3-2-4-6-16/h2-12,14,25H,13H2,1H3. The highest BCUT2D eigenvalue weighted by Gasteiger charge is 2.11. The number of para-hydroxylation sites is 1. The van der Waals surface area contributed by atoms with Crippen molar-refractivity contribution < 1.29 is 9.84 Å². The third-order valence-corrected chi connectivity index (χ3v) is 3.93. The molecule has 130 valence electrons. The summed E-state index contributed by atoms with van der Waals surface area (Å²) in [6.07, 6.45) is -0.0937. The Bertz CT molecular complexity index is 1010. The maximum atomic E-state index is 9.60. The summed E-state index contributed by atoms with van der Waals surface area (Å²) in [7, 11) is 0. The molecule has 2 heterocycles. The Labute approximate surface area is 150 Å². The lowest BCUT2D eigenvalue weighted by atomic mass is 10.1. The van der Waals surface area contributed by atoms with Crippen LogP contribution in [0, 0.1) is 0 Å². The van der Waals surface area contributed by atoms with Crippen molar-refractivity contribution in [1.82, 2.24) is 19.8 Å². The molecule has 4 rings (SSSR count). The van der Waals surface area contributed by atoms with E-state index in [2.05, 4.69) is 15.3 Å². The molecular weight excluding hydrogens is 328 g/mol. The fourth-order valence-electron chi connectivity index (χ4n) is 2.70. The Hall–Kier alpha value is -3.25. The molecule has 1 N–H and O–H groups in total. The number of aliphatic hydroxyl groups excluding tert-OH is 1. The van der Waals surface area contributed by atoms with Crippen LogP contribution >= 0.6 is 0 Å². The molecule has 0 aliphatic carbocycles. The van der Waals surface area contributed by atoms with Crippen LogP contribution in [0.25, 0.3) is 16.9 Å². The first-order chi connectivity index (χ1) is 12.7. The molecule has 0 bridgehead atoms. The van der Waals surface area contributed by atoms with Gasteiger partial charge < -0.3 is 9.84 Å². The third-order valence-electron chi connectivity index (χ3n) is 3.93. The minimum Gasteiger partial charge on any atom is -0.457 e. The highest BCUT2D eigenvalue weighted by Crippen LogP contribution is 2.25. The van der Waals surface area contributed by atoms with E-state index < -0.39 is 6.10 Å². The van der Waals surface area contributed by atoms with E-state index in [9.17, 15) is 5.11 Å². The minimum absolute atomic E-state index is 0.404. The summed E-state index contributed by atoms with van der Waals surface area (Å²) in [5.74, 6) is 2.20. The average molecular weight is 346 g/mol. The number of hydrogen-bond acceptors (Lipinski definition) is 5. The molecule has 26 heavy (non-hydrogen) atoms. The molecule has 0 fully saturated rings. The molecule has 0 spiro atoms. The molecule has 0 amide bonds. The summed E-state index contributed by atoms with van der Waals surface area (Å²) in [6.45, 7) is 1.72. The van der Waals surface area contributed by atoms with Crippen LogP contribution in [0.2, 0.25) is 0 Å². The average Bonchev–Trinajstić information content (AvgIpc) is 3.05. The fraction of sp³-hybridized carbons (Fsp3) is 0.150. The second-order valence-electron chi connectivity index (χ2n) is 6.10. The number of fused-ring (bicyclic) bond motifs is 1. The van der Waals surface area contributed by atoms with Gasteiger partial charge in [-0.2, -0.15) is 9.61 Å². The van der Waals surface area contributed by atoms with E-state index in [0.29, 0.717) is 17.9 Å². The molecule has 1 atom stereocenters. The summed E-state index contributed by atoms with van der Waals surface area (Å²) in [5, 5.41) is 22.4. The van der Waals surface area contributed by atoms with Gasteiger partial charge in [-0.1, -0.05) is 18.2 Å². The normalized spacial score (nSPS) is 12.2. The molecule has 0 aliphatic heterocycles. The van der Waals surface area contributed by atoms with Crippen molar-refractivity contribution in [3.8, 4) is 22.8 Å². The largest absolute Gasteiger partial charge is 0.457 e. The number of nitrogens with zero attached hydrogens (tertiary/aromatic N) is 4. The molecule has 1 unspecified atom stereocenters. The molecule has 4 aromatic rings. The van der Waals surface area contributed by atoms with Crippen LogP contribution in [0.5, 0.6) is 11.5 Å². The predicted octanol–water partition coefficient (Wildman–Crippen LogP) is 3.51. The SMILES string of the molecule is CC(O)Cc1nnc2ccc(-c3ccc(Oc4ccccc4)cc3)nn12. The predicted molar refractivity (Wildman–Crippen MR) is 98.1 cm³/mol. The second-order valence-corrected chi connectivity index (χ2v) is 6.10. The first-order valence-electron chi connectivity index (χ1n) is 8.42. The van der Waals surface area contributed by atoms with Gasteiger partial charge in [0, 0.05) is 12.0 Å². The van der Waals surface area contributed by atoms with Gasteiger partial charge in [0.15, 0.2) is 11.5 Å². The first-order valence-corrected chi connectivity index (χ1v) is 8.42. The van der Waals surface area contributed by atoms with Gasteiger partial charge in [0.25, 0.3) is 0 Å². The van der Waals surface area contributed by atoms with Crippen molar-refractivity contribution in [2.24, 2.45) is 0 Å². The van der Waals surface area contributed by atoms with Gasteiger partial charge in [0.2, 0.25) is 0 Å². The van der Waals surface area contributed by atoms with Crippen LogP contribution in [0.4, 0.5) is 0 Å². The number of rotatable bonds is 5. The van der Waals surface area contributed by atoms with E-state index in [1.165, 1.54) is 0 Å². The Morgan fingerprint density at radius 1 is 0.923 bits per heavy atom. The van der Waals surface area contributed by atoms with Crippen LogP contribution < -0.4 is 4.74 Å².